The van der Waals surface area contributed by atoms with Crippen LogP contribution in [0.25, 0.3) is 5.65 Å². The largest absolute Gasteiger partial charge is 0.497 e. The van der Waals surface area contributed by atoms with Crippen molar-refractivity contribution in [2.75, 3.05) is 38.2 Å². The van der Waals surface area contributed by atoms with Crippen LogP contribution >= 0.6 is 0 Å². The van der Waals surface area contributed by atoms with Gasteiger partial charge in [0.15, 0.2) is 5.65 Å². The molecule has 1 fully saturated rings. The zero-order valence-electron chi connectivity index (χ0n) is 16.1. The van der Waals surface area contributed by atoms with Crippen LogP contribution in [-0.4, -0.2) is 63.9 Å². The molecule has 1 amide bonds. The first-order valence-electron chi connectivity index (χ1n) is 9.35. The number of methoxy groups -OCH3 is 1. The number of nitrogens with zero attached hydrogens (tertiary/aromatic N) is 6. The zero-order chi connectivity index (χ0) is 21.3. The summed E-state index contributed by atoms with van der Waals surface area (Å²) in [4.78, 5) is 16.4. The molecule has 30 heavy (non-hydrogen) atoms. The Morgan fingerprint density at radius 2 is 1.90 bits per heavy atom. The maximum absolute atomic E-state index is 13.1. The Morgan fingerprint density at radius 1 is 1.07 bits per heavy atom. The molecule has 4 rings (SSSR count). The van der Waals surface area contributed by atoms with Gasteiger partial charge in [0.1, 0.15) is 11.6 Å². The minimum atomic E-state index is -4.65. The van der Waals surface area contributed by atoms with Crippen molar-refractivity contribution in [1.29, 1.82) is 0 Å². The number of benzene rings is 1. The molecule has 0 N–H and O–H groups in total. The molecule has 0 atom stereocenters. The number of anilines is 1. The van der Waals surface area contributed by atoms with Crippen molar-refractivity contribution in [2.45, 2.75) is 12.6 Å². The highest BCUT2D eigenvalue weighted by Gasteiger charge is 2.37. The maximum atomic E-state index is 13.1. The molecular formula is C19H19F3N6O2. The minimum absolute atomic E-state index is 0.0238. The zero-order valence-corrected chi connectivity index (χ0v) is 16.1. The van der Waals surface area contributed by atoms with Gasteiger partial charge in [0.2, 0.25) is 0 Å². The third kappa shape index (κ3) is 3.87. The monoisotopic (exact) mass is 420 g/mol. The molecule has 3 aromatic rings. The first-order chi connectivity index (χ1) is 14.4. The van der Waals surface area contributed by atoms with Crippen molar-refractivity contribution in [1.82, 2.24) is 24.7 Å². The van der Waals surface area contributed by atoms with E-state index in [1.165, 1.54) is 13.2 Å². The van der Waals surface area contributed by atoms with E-state index in [1.807, 2.05) is 4.90 Å². The fraction of sp³-hybridized carbons (Fsp3) is 0.368. The average molecular weight is 420 g/mol. The van der Waals surface area contributed by atoms with Crippen LogP contribution in [0, 0.1) is 0 Å². The standard InChI is InChI=1S/C19H19F3N6O2/c1-30-14-5-2-4-13(12-14)17(29)27-9-3-8-26(10-11-27)16-7-6-15-23-24-18(19(20,21)22)28(15)25-16/h2,4-7,12H,3,8-11H2,1H3. The minimum Gasteiger partial charge on any atom is -0.497 e. The molecule has 11 heteroatoms. The first-order valence-corrected chi connectivity index (χ1v) is 9.35. The second-order valence-electron chi connectivity index (χ2n) is 6.85. The summed E-state index contributed by atoms with van der Waals surface area (Å²) in [5, 5.41) is 10.8. The van der Waals surface area contributed by atoms with Crippen LogP contribution in [-0.2, 0) is 6.18 Å². The Kier molecular flexibility index (Phi) is 5.18. The molecule has 0 bridgehead atoms. The van der Waals surface area contributed by atoms with Gasteiger partial charge in [0.25, 0.3) is 11.7 Å². The molecule has 1 aromatic carbocycles. The van der Waals surface area contributed by atoms with E-state index < -0.39 is 12.0 Å². The second-order valence-corrected chi connectivity index (χ2v) is 6.85. The van der Waals surface area contributed by atoms with Crippen LogP contribution in [0.15, 0.2) is 36.4 Å². The summed E-state index contributed by atoms with van der Waals surface area (Å²) in [5.74, 6) is -0.297. The van der Waals surface area contributed by atoms with Crippen LogP contribution in [0.3, 0.4) is 0 Å². The van der Waals surface area contributed by atoms with Gasteiger partial charge < -0.3 is 14.5 Å². The van der Waals surface area contributed by atoms with E-state index in [0.29, 0.717) is 54.2 Å². The topological polar surface area (TPSA) is 75.9 Å². The normalized spacial score (nSPS) is 15.3. The molecule has 0 saturated carbocycles. The van der Waals surface area contributed by atoms with Gasteiger partial charge in [-0.25, -0.2) is 0 Å². The fourth-order valence-electron chi connectivity index (χ4n) is 3.41. The highest BCUT2D eigenvalue weighted by atomic mass is 19.4. The van der Waals surface area contributed by atoms with Gasteiger partial charge >= 0.3 is 6.18 Å². The molecule has 1 aliphatic heterocycles. The summed E-state index contributed by atoms with van der Waals surface area (Å²) in [6, 6.07) is 10.0. The predicted molar refractivity (Wildman–Crippen MR) is 102 cm³/mol. The Bertz CT molecular complexity index is 1070. The molecule has 3 heterocycles. The van der Waals surface area contributed by atoms with E-state index in [0.717, 1.165) is 0 Å². The van der Waals surface area contributed by atoms with Gasteiger partial charge in [0.05, 0.1) is 7.11 Å². The third-order valence-corrected chi connectivity index (χ3v) is 4.93. The first kappa shape index (κ1) is 19.9. The van der Waals surface area contributed by atoms with Crippen LogP contribution in [0.5, 0.6) is 5.75 Å². The number of hydrogen-bond acceptors (Lipinski definition) is 6. The molecule has 1 saturated heterocycles. The molecule has 0 radical (unpaired) electrons. The lowest BCUT2D eigenvalue weighted by atomic mass is 10.2. The quantitative estimate of drug-likeness (QED) is 0.648. The van der Waals surface area contributed by atoms with Crippen LogP contribution < -0.4 is 9.64 Å². The number of carbonyl (C=O) groups excluding carboxylic acids is 1. The summed E-state index contributed by atoms with van der Waals surface area (Å²) in [6.07, 6.45) is -3.99. The molecule has 1 aliphatic rings. The maximum Gasteiger partial charge on any atom is 0.453 e. The molecule has 0 aliphatic carbocycles. The third-order valence-electron chi connectivity index (χ3n) is 4.93. The van der Waals surface area contributed by atoms with E-state index in [-0.39, 0.29) is 11.6 Å². The van der Waals surface area contributed by atoms with E-state index >= 15 is 0 Å². The van der Waals surface area contributed by atoms with Gasteiger partial charge in [-0.15, -0.1) is 15.3 Å². The summed E-state index contributed by atoms with van der Waals surface area (Å²) >= 11 is 0. The molecular weight excluding hydrogens is 401 g/mol. The van der Waals surface area contributed by atoms with Crippen LogP contribution in [0.4, 0.5) is 19.0 Å². The molecule has 2 aromatic heterocycles. The summed E-state index contributed by atoms with van der Waals surface area (Å²) < 4.78 is 45.2. The number of rotatable bonds is 3. The lowest BCUT2D eigenvalue weighted by Crippen LogP contribution is -2.35. The number of ether oxygens (including phenoxy) is 1. The highest BCUT2D eigenvalue weighted by Crippen LogP contribution is 2.28. The summed E-state index contributed by atoms with van der Waals surface area (Å²) in [5.41, 5.74) is 0.553. The second kappa shape index (κ2) is 7.81. The Labute approximate surface area is 169 Å². The van der Waals surface area contributed by atoms with Crippen LogP contribution in [0.1, 0.15) is 22.6 Å². The van der Waals surface area contributed by atoms with Crippen molar-refractivity contribution in [3.63, 3.8) is 0 Å². The SMILES string of the molecule is COc1cccc(C(=O)N2CCCN(c3ccc4nnc(C(F)(F)F)n4n3)CC2)c1. The number of fused-ring (bicyclic) bond motifs is 1. The van der Waals surface area contributed by atoms with E-state index in [2.05, 4.69) is 15.3 Å². The number of hydrogen-bond donors (Lipinski definition) is 0. The number of halogens is 3. The van der Waals surface area contributed by atoms with Gasteiger partial charge in [0, 0.05) is 31.7 Å². The smallest absolute Gasteiger partial charge is 0.453 e. The molecule has 158 valence electrons. The predicted octanol–water partition coefficient (Wildman–Crippen LogP) is 2.50. The van der Waals surface area contributed by atoms with Crippen molar-refractivity contribution < 1.29 is 22.7 Å². The van der Waals surface area contributed by atoms with Gasteiger partial charge in [-0.2, -0.15) is 17.7 Å². The van der Waals surface area contributed by atoms with Gasteiger partial charge in [-0.05, 0) is 36.8 Å². The van der Waals surface area contributed by atoms with Crippen molar-refractivity contribution in [3.05, 3.63) is 47.8 Å². The van der Waals surface area contributed by atoms with Gasteiger partial charge in [-0.1, -0.05) is 6.07 Å². The Hall–Kier alpha value is -3.37. The van der Waals surface area contributed by atoms with Crippen molar-refractivity contribution >= 4 is 17.4 Å². The summed E-state index contributed by atoms with van der Waals surface area (Å²) in [6.45, 7) is 1.96. The molecule has 8 nitrogen and oxygen atoms in total. The van der Waals surface area contributed by atoms with Crippen molar-refractivity contribution in [3.8, 4) is 5.75 Å². The van der Waals surface area contributed by atoms with E-state index in [4.69, 9.17) is 4.74 Å². The number of aromatic nitrogens is 4. The highest BCUT2D eigenvalue weighted by molar-refractivity contribution is 5.94. The molecule has 0 spiro atoms. The average Bonchev–Trinajstić information content (AvgIpc) is 3.02. The van der Waals surface area contributed by atoms with E-state index in [9.17, 15) is 18.0 Å². The van der Waals surface area contributed by atoms with E-state index in [1.54, 1.807) is 35.2 Å². The lowest BCUT2D eigenvalue weighted by Gasteiger charge is -2.23. The molecule has 0 unspecified atom stereocenters. The number of alkyl halides is 3. The number of carbonyl (C=O) groups is 1. The lowest BCUT2D eigenvalue weighted by molar-refractivity contribution is -0.146. The Balaban J connectivity index is 1.52. The van der Waals surface area contributed by atoms with Gasteiger partial charge in [-0.3, -0.25) is 4.79 Å². The summed E-state index contributed by atoms with van der Waals surface area (Å²) in [7, 11) is 1.54. The Morgan fingerprint density at radius 3 is 2.67 bits per heavy atom. The fourth-order valence-corrected chi connectivity index (χ4v) is 3.41. The van der Waals surface area contributed by atoms with Crippen molar-refractivity contribution in [2.24, 2.45) is 0 Å². The van der Waals surface area contributed by atoms with Crippen LogP contribution in [0.2, 0.25) is 0 Å². The number of amides is 1.